The van der Waals surface area contributed by atoms with Crippen LogP contribution < -0.4 is 4.74 Å². The molecule has 3 rings (SSSR count). The molecule has 1 fully saturated rings. The van der Waals surface area contributed by atoms with Crippen molar-refractivity contribution in [3.63, 3.8) is 0 Å². The number of benzene rings is 2. The summed E-state index contributed by atoms with van der Waals surface area (Å²) >= 11 is 0. The number of piperazine rings is 1. The van der Waals surface area contributed by atoms with Gasteiger partial charge in [0.05, 0.1) is 7.11 Å². The second kappa shape index (κ2) is 10.3. The lowest BCUT2D eigenvalue weighted by molar-refractivity contribution is -0.153. The van der Waals surface area contributed by atoms with Crippen molar-refractivity contribution in [2.24, 2.45) is 0 Å². The van der Waals surface area contributed by atoms with E-state index in [9.17, 15) is 9.59 Å². The zero-order valence-corrected chi connectivity index (χ0v) is 18.0. The van der Waals surface area contributed by atoms with E-state index in [0.29, 0.717) is 26.1 Å². The minimum absolute atomic E-state index is 0.00221. The van der Waals surface area contributed by atoms with E-state index in [4.69, 9.17) is 9.47 Å². The summed E-state index contributed by atoms with van der Waals surface area (Å²) in [5.74, 6) is 0.629. The van der Waals surface area contributed by atoms with Crippen LogP contribution in [0.1, 0.15) is 18.9 Å². The maximum absolute atomic E-state index is 13.3. The average molecular weight is 411 g/mol. The van der Waals surface area contributed by atoms with Gasteiger partial charge in [-0.3, -0.25) is 9.59 Å². The number of amides is 2. The number of nitrogens with zero attached hydrogens (tertiary/aromatic N) is 2. The largest absolute Gasteiger partial charge is 0.496 e. The molecule has 0 saturated carbocycles. The van der Waals surface area contributed by atoms with E-state index >= 15 is 0 Å². The molecular weight excluding hydrogens is 380 g/mol. The maximum atomic E-state index is 13.3. The fourth-order valence-corrected chi connectivity index (χ4v) is 4.07. The Bertz CT molecular complexity index is 883. The van der Waals surface area contributed by atoms with Gasteiger partial charge >= 0.3 is 0 Å². The third-order valence-corrected chi connectivity index (χ3v) is 5.49. The number of methoxy groups -OCH3 is 2. The minimum Gasteiger partial charge on any atom is -0.496 e. The van der Waals surface area contributed by atoms with Gasteiger partial charge in [-0.1, -0.05) is 49.4 Å². The Hall–Kier alpha value is -2.86. The van der Waals surface area contributed by atoms with E-state index in [1.807, 2.05) is 53.4 Å². The SMILES string of the molecule is CCCN1CCN(C(=O)COC)C(Cc2ccccc2-c2ccccc2OC)C1=O. The number of ether oxygens (including phenoxy) is 2. The highest BCUT2D eigenvalue weighted by Gasteiger charge is 2.37. The van der Waals surface area contributed by atoms with Gasteiger partial charge in [0.15, 0.2) is 0 Å². The number of carbonyl (C=O) groups excluding carboxylic acids is 2. The summed E-state index contributed by atoms with van der Waals surface area (Å²) in [6, 6.07) is 15.3. The van der Waals surface area contributed by atoms with Crippen molar-refractivity contribution in [1.82, 2.24) is 9.80 Å². The van der Waals surface area contributed by atoms with Gasteiger partial charge in [-0.2, -0.15) is 0 Å². The monoisotopic (exact) mass is 410 g/mol. The molecule has 1 saturated heterocycles. The molecule has 0 spiro atoms. The molecule has 30 heavy (non-hydrogen) atoms. The topological polar surface area (TPSA) is 59.1 Å². The normalized spacial score (nSPS) is 16.6. The van der Waals surface area contributed by atoms with Gasteiger partial charge in [-0.25, -0.2) is 0 Å². The van der Waals surface area contributed by atoms with E-state index < -0.39 is 6.04 Å². The van der Waals surface area contributed by atoms with Crippen LogP contribution in [0.2, 0.25) is 0 Å². The zero-order chi connectivity index (χ0) is 21.5. The van der Waals surface area contributed by atoms with Crippen molar-refractivity contribution in [3.8, 4) is 16.9 Å². The molecule has 0 aromatic heterocycles. The maximum Gasteiger partial charge on any atom is 0.249 e. The second-order valence-corrected chi connectivity index (χ2v) is 7.42. The van der Waals surface area contributed by atoms with E-state index in [0.717, 1.165) is 28.9 Å². The van der Waals surface area contributed by atoms with Gasteiger partial charge in [0.25, 0.3) is 0 Å². The standard InChI is InChI=1S/C24H30N2O4/c1-4-13-25-14-15-26(23(27)17-29-2)21(24(25)28)16-18-9-5-6-10-19(18)20-11-7-8-12-22(20)30-3/h5-12,21H,4,13-17H2,1-3H3. The van der Waals surface area contributed by atoms with Gasteiger partial charge in [0.1, 0.15) is 18.4 Å². The molecule has 0 N–H and O–H groups in total. The number of carbonyl (C=O) groups is 2. The van der Waals surface area contributed by atoms with Crippen molar-refractivity contribution < 1.29 is 19.1 Å². The number of hydrogen-bond acceptors (Lipinski definition) is 4. The first-order chi connectivity index (χ1) is 14.6. The fourth-order valence-electron chi connectivity index (χ4n) is 4.07. The summed E-state index contributed by atoms with van der Waals surface area (Å²) in [6.45, 7) is 3.82. The van der Waals surface area contributed by atoms with E-state index in [1.54, 1.807) is 12.0 Å². The Labute approximate surface area is 178 Å². The quantitative estimate of drug-likeness (QED) is 0.671. The van der Waals surface area contributed by atoms with Crippen LogP contribution in [0.5, 0.6) is 5.75 Å². The van der Waals surface area contributed by atoms with Crippen LogP contribution in [-0.4, -0.2) is 68.1 Å². The molecule has 0 bridgehead atoms. The summed E-state index contributed by atoms with van der Waals surface area (Å²) in [5, 5.41) is 0. The predicted octanol–water partition coefficient (Wildman–Crippen LogP) is 3.00. The predicted molar refractivity (Wildman–Crippen MR) is 116 cm³/mol. The molecule has 0 radical (unpaired) electrons. The number of rotatable bonds is 8. The lowest BCUT2D eigenvalue weighted by Crippen LogP contribution is -2.60. The van der Waals surface area contributed by atoms with Crippen molar-refractivity contribution in [3.05, 3.63) is 54.1 Å². The Kier molecular flexibility index (Phi) is 7.46. The summed E-state index contributed by atoms with van der Waals surface area (Å²) in [6.07, 6.45) is 1.34. The average Bonchev–Trinajstić information content (AvgIpc) is 2.77. The second-order valence-electron chi connectivity index (χ2n) is 7.42. The summed E-state index contributed by atoms with van der Waals surface area (Å²) in [4.78, 5) is 29.5. The zero-order valence-electron chi connectivity index (χ0n) is 18.0. The first-order valence-corrected chi connectivity index (χ1v) is 10.4. The van der Waals surface area contributed by atoms with Gasteiger partial charge in [0.2, 0.25) is 11.8 Å². The third-order valence-electron chi connectivity index (χ3n) is 5.49. The van der Waals surface area contributed by atoms with Crippen LogP contribution in [-0.2, 0) is 20.7 Å². The van der Waals surface area contributed by atoms with Crippen LogP contribution in [0.4, 0.5) is 0 Å². The fraction of sp³-hybridized carbons (Fsp3) is 0.417. The summed E-state index contributed by atoms with van der Waals surface area (Å²) in [5.41, 5.74) is 2.99. The Morgan fingerprint density at radius 1 is 1.03 bits per heavy atom. The molecule has 2 amide bonds. The highest BCUT2D eigenvalue weighted by molar-refractivity contribution is 5.90. The molecule has 0 aliphatic carbocycles. The lowest BCUT2D eigenvalue weighted by atomic mass is 9.92. The van der Waals surface area contributed by atoms with Crippen LogP contribution in [0.15, 0.2) is 48.5 Å². The number of hydrogen-bond donors (Lipinski definition) is 0. The van der Waals surface area contributed by atoms with Gasteiger partial charge < -0.3 is 19.3 Å². The molecule has 2 aromatic rings. The minimum atomic E-state index is -0.538. The van der Waals surface area contributed by atoms with Gasteiger partial charge in [-0.05, 0) is 23.6 Å². The Morgan fingerprint density at radius 3 is 2.43 bits per heavy atom. The van der Waals surface area contributed by atoms with Crippen LogP contribution >= 0.6 is 0 Å². The van der Waals surface area contributed by atoms with E-state index in [2.05, 4.69) is 6.92 Å². The van der Waals surface area contributed by atoms with Crippen molar-refractivity contribution in [2.75, 3.05) is 40.5 Å². The molecule has 1 aliphatic rings. The van der Waals surface area contributed by atoms with Crippen LogP contribution in [0, 0.1) is 0 Å². The molecule has 160 valence electrons. The molecule has 1 unspecified atom stereocenters. The molecular formula is C24H30N2O4. The van der Waals surface area contributed by atoms with E-state index in [-0.39, 0.29) is 18.4 Å². The van der Waals surface area contributed by atoms with E-state index in [1.165, 1.54) is 7.11 Å². The van der Waals surface area contributed by atoms with Crippen molar-refractivity contribution >= 4 is 11.8 Å². The first kappa shape index (κ1) is 21.8. The molecule has 6 nitrogen and oxygen atoms in total. The summed E-state index contributed by atoms with van der Waals surface area (Å²) < 4.78 is 10.6. The Balaban J connectivity index is 1.97. The van der Waals surface area contributed by atoms with Gasteiger partial charge in [0, 0.05) is 38.7 Å². The highest BCUT2D eigenvalue weighted by atomic mass is 16.5. The van der Waals surface area contributed by atoms with Crippen molar-refractivity contribution in [2.45, 2.75) is 25.8 Å². The lowest BCUT2D eigenvalue weighted by Gasteiger charge is -2.41. The molecule has 1 heterocycles. The Morgan fingerprint density at radius 2 is 1.73 bits per heavy atom. The van der Waals surface area contributed by atoms with Crippen LogP contribution in [0.25, 0.3) is 11.1 Å². The molecule has 1 atom stereocenters. The van der Waals surface area contributed by atoms with Crippen LogP contribution in [0.3, 0.4) is 0 Å². The first-order valence-electron chi connectivity index (χ1n) is 10.4. The third kappa shape index (κ3) is 4.65. The highest BCUT2D eigenvalue weighted by Crippen LogP contribution is 2.33. The molecule has 2 aromatic carbocycles. The number of para-hydroxylation sites is 1. The molecule has 1 aliphatic heterocycles. The summed E-state index contributed by atoms with van der Waals surface area (Å²) in [7, 11) is 3.15. The smallest absolute Gasteiger partial charge is 0.249 e. The van der Waals surface area contributed by atoms with Crippen molar-refractivity contribution in [1.29, 1.82) is 0 Å². The molecule has 6 heteroatoms. The van der Waals surface area contributed by atoms with Gasteiger partial charge in [-0.15, -0.1) is 0 Å².